The van der Waals surface area contributed by atoms with Crippen LogP contribution in [0.1, 0.15) is 18.2 Å². The summed E-state index contributed by atoms with van der Waals surface area (Å²) in [4.78, 5) is 7.73. The van der Waals surface area contributed by atoms with E-state index >= 15 is 0 Å². The minimum Gasteiger partial charge on any atom is -0.356 e. The third-order valence-electron chi connectivity index (χ3n) is 3.54. The summed E-state index contributed by atoms with van der Waals surface area (Å²) in [5.41, 5.74) is 0. The molecule has 0 fully saturated rings. The summed E-state index contributed by atoms with van der Waals surface area (Å²) in [5, 5.41) is 5.37. The smallest absolute Gasteiger partial charge is 0.211 e. The van der Waals surface area contributed by atoms with Gasteiger partial charge >= 0.3 is 0 Å². The van der Waals surface area contributed by atoms with Crippen molar-refractivity contribution in [3.8, 4) is 0 Å². The van der Waals surface area contributed by atoms with Crippen molar-refractivity contribution in [2.24, 2.45) is 4.99 Å². The van der Waals surface area contributed by atoms with E-state index in [-0.39, 0.29) is 24.0 Å². The van der Waals surface area contributed by atoms with Gasteiger partial charge < -0.3 is 10.2 Å². The van der Waals surface area contributed by atoms with Crippen molar-refractivity contribution < 1.29 is 8.42 Å². The van der Waals surface area contributed by atoms with E-state index in [4.69, 9.17) is 0 Å². The predicted octanol–water partition coefficient (Wildman–Crippen LogP) is 2.09. The highest BCUT2D eigenvalue weighted by molar-refractivity contribution is 14.0. The molecule has 9 heteroatoms. The first kappa shape index (κ1) is 23.6. The van der Waals surface area contributed by atoms with Crippen molar-refractivity contribution in [2.75, 3.05) is 46.5 Å². The van der Waals surface area contributed by atoms with E-state index in [1.165, 1.54) is 15.4 Å². The molecule has 0 atom stereocenters. The molecule has 1 heterocycles. The summed E-state index contributed by atoms with van der Waals surface area (Å²) in [7, 11) is 0.669. The molecule has 1 N–H and O–H groups in total. The highest BCUT2D eigenvalue weighted by Crippen LogP contribution is 2.09. The number of rotatable bonds is 9. The Kier molecular flexibility index (Phi) is 11.8. The van der Waals surface area contributed by atoms with E-state index in [0.29, 0.717) is 19.6 Å². The van der Waals surface area contributed by atoms with Crippen molar-refractivity contribution in [2.45, 2.75) is 19.8 Å². The minimum absolute atomic E-state index is 0. The van der Waals surface area contributed by atoms with Gasteiger partial charge in [0.2, 0.25) is 10.0 Å². The third kappa shape index (κ3) is 8.63. The second-order valence-corrected chi connectivity index (χ2v) is 8.35. The summed E-state index contributed by atoms with van der Waals surface area (Å²) in [5.74, 6) is 0.837. The summed E-state index contributed by atoms with van der Waals surface area (Å²) < 4.78 is 24.5. The van der Waals surface area contributed by atoms with E-state index in [1.807, 2.05) is 14.0 Å². The molecule has 6 nitrogen and oxygen atoms in total. The number of likely N-dealkylation sites (N-methyl/N-ethyl adjacent to an activating group) is 1. The number of halogens is 1. The minimum atomic E-state index is -3.11. The molecule has 0 bridgehead atoms. The Morgan fingerprint density at radius 1 is 1.38 bits per heavy atom. The molecule has 0 aliphatic rings. The fraction of sp³-hybridized carbons (Fsp3) is 0.667. The second-order valence-electron chi connectivity index (χ2n) is 5.33. The molecule has 24 heavy (non-hydrogen) atoms. The van der Waals surface area contributed by atoms with Crippen molar-refractivity contribution in [1.82, 2.24) is 14.5 Å². The second kappa shape index (κ2) is 12.0. The van der Waals surface area contributed by atoms with Crippen LogP contribution in [-0.4, -0.2) is 70.1 Å². The van der Waals surface area contributed by atoms with Crippen LogP contribution in [0.4, 0.5) is 0 Å². The molecule has 0 saturated heterocycles. The quantitative estimate of drug-likeness (QED) is 0.250. The molecule has 0 amide bonds. The van der Waals surface area contributed by atoms with Gasteiger partial charge in [-0.15, -0.1) is 35.3 Å². The number of thiophene rings is 1. The van der Waals surface area contributed by atoms with E-state index in [1.54, 1.807) is 18.4 Å². The number of nitrogens with one attached hydrogen (secondary N) is 1. The summed E-state index contributed by atoms with van der Waals surface area (Å²) in [6.45, 7) is 4.48. The van der Waals surface area contributed by atoms with Crippen LogP contribution < -0.4 is 5.32 Å². The van der Waals surface area contributed by atoms with Crippen LogP contribution in [0.15, 0.2) is 22.5 Å². The predicted molar refractivity (Wildman–Crippen MR) is 114 cm³/mol. The molecule has 0 saturated carbocycles. The lowest BCUT2D eigenvalue weighted by atomic mass is 10.3. The Bertz CT molecular complexity index is 576. The zero-order valence-corrected chi connectivity index (χ0v) is 18.8. The van der Waals surface area contributed by atoms with Gasteiger partial charge in [0.15, 0.2) is 5.96 Å². The molecule has 0 aliphatic carbocycles. The van der Waals surface area contributed by atoms with E-state index in [9.17, 15) is 8.42 Å². The normalized spacial score (nSPS) is 12.1. The molecule has 0 spiro atoms. The number of hydrogen-bond donors (Lipinski definition) is 1. The lowest BCUT2D eigenvalue weighted by Crippen LogP contribution is -2.41. The maximum absolute atomic E-state index is 11.5. The SMILES string of the molecule is CCN(CCCNC(=NC)N(C)CCc1cccs1)S(C)(=O)=O.I. The van der Waals surface area contributed by atoms with Crippen LogP contribution in [0, 0.1) is 0 Å². The van der Waals surface area contributed by atoms with Crippen LogP contribution in [-0.2, 0) is 16.4 Å². The first-order chi connectivity index (χ1) is 10.9. The van der Waals surface area contributed by atoms with Crippen LogP contribution in [0.2, 0.25) is 0 Å². The van der Waals surface area contributed by atoms with Gasteiger partial charge in [0, 0.05) is 45.2 Å². The van der Waals surface area contributed by atoms with Gasteiger partial charge in [0.05, 0.1) is 6.26 Å². The fourth-order valence-corrected chi connectivity index (χ4v) is 3.87. The molecular weight excluding hydrogens is 459 g/mol. The first-order valence-corrected chi connectivity index (χ1v) is 10.5. The molecule has 0 radical (unpaired) electrons. The topological polar surface area (TPSA) is 65.0 Å². The van der Waals surface area contributed by atoms with Crippen LogP contribution in [0.25, 0.3) is 0 Å². The van der Waals surface area contributed by atoms with Crippen LogP contribution in [0.5, 0.6) is 0 Å². The number of aliphatic imine (C=N–C) groups is 1. The molecule has 0 unspecified atom stereocenters. The number of nitrogens with zero attached hydrogens (tertiary/aromatic N) is 3. The zero-order valence-electron chi connectivity index (χ0n) is 14.9. The van der Waals surface area contributed by atoms with Gasteiger partial charge in [0.1, 0.15) is 0 Å². The van der Waals surface area contributed by atoms with Gasteiger partial charge in [-0.1, -0.05) is 13.0 Å². The molecular formula is C15H29IN4O2S2. The highest BCUT2D eigenvalue weighted by Gasteiger charge is 2.13. The Hall–Kier alpha value is -0.390. The van der Waals surface area contributed by atoms with E-state index < -0.39 is 10.0 Å². The average Bonchev–Trinajstić information content (AvgIpc) is 3.00. The maximum atomic E-state index is 11.5. The van der Waals surface area contributed by atoms with Crippen molar-refractivity contribution in [3.05, 3.63) is 22.4 Å². The van der Waals surface area contributed by atoms with Gasteiger partial charge in [-0.3, -0.25) is 4.99 Å². The average molecular weight is 488 g/mol. The monoisotopic (exact) mass is 488 g/mol. The number of guanidine groups is 1. The Balaban J connectivity index is 0.00000529. The van der Waals surface area contributed by atoms with E-state index in [0.717, 1.165) is 25.3 Å². The Morgan fingerprint density at radius 3 is 2.58 bits per heavy atom. The van der Waals surface area contributed by atoms with E-state index in [2.05, 4.69) is 32.7 Å². The van der Waals surface area contributed by atoms with Gasteiger partial charge in [-0.25, -0.2) is 12.7 Å². The Morgan fingerprint density at radius 2 is 2.08 bits per heavy atom. The molecule has 1 aromatic rings. The summed E-state index contributed by atoms with van der Waals surface area (Å²) in [6, 6.07) is 4.20. The highest BCUT2D eigenvalue weighted by atomic mass is 127. The summed E-state index contributed by atoms with van der Waals surface area (Å²) in [6.07, 6.45) is 2.99. The molecule has 1 aromatic heterocycles. The largest absolute Gasteiger partial charge is 0.356 e. The lowest BCUT2D eigenvalue weighted by molar-refractivity contribution is 0.420. The molecule has 0 aromatic carbocycles. The zero-order chi connectivity index (χ0) is 17.3. The van der Waals surface area contributed by atoms with Crippen molar-refractivity contribution in [1.29, 1.82) is 0 Å². The third-order valence-corrected chi connectivity index (χ3v) is 5.85. The maximum Gasteiger partial charge on any atom is 0.211 e. The van der Waals surface area contributed by atoms with Gasteiger partial charge in [-0.2, -0.15) is 0 Å². The van der Waals surface area contributed by atoms with Crippen molar-refractivity contribution in [3.63, 3.8) is 0 Å². The molecule has 1 rings (SSSR count). The lowest BCUT2D eigenvalue weighted by Gasteiger charge is -2.23. The number of sulfonamides is 1. The standard InChI is InChI=1S/C15H28N4O2S2.HI/c1-5-19(23(4,20)21)11-7-10-17-15(16-2)18(3)12-9-14-8-6-13-22-14;/h6,8,13H,5,7,9-12H2,1-4H3,(H,16,17);1H. The Labute approximate surface area is 167 Å². The van der Waals surface area contributed by atoms with Crippen molar-refractivity contribution >= 4 is 51.3 Å². The molecule has 140 valence electrons. The number of hydrogen-bond acceptors (Lipinski definition) is 4. The fourth-order valence-electron chi connectivity index (χ4n) is 2.24. The van der Waals surface area contributed by atoms with Crippen LogP contribution in [0.3, 0.4) is 0 Å². The van der Waals surface area contributed by atoms with Crippen LogP contribution >= 0.6 is 35.3 Å². The van der Waals surface area contributed by atoms with Gasteiger partial charge in [0.25, 0.3) is 0 Å². The summed E-state index contributed by atoms with van der Waals surface area (Å²) >= 11 is 1.76. The molecule has 0 aliphatic heterocycles. The van der Waals surface area contributed by atoms with Gasteiger partial charge in [-0.05, 0) is 24.3 Å². The first-order valence-electron chi connectivity index (χ1n) is 7.77.